The monoisotopic (exact) mass is 376 g/mol. The maximum absolute atomic E-state index is 12.3. The molecule has 1 aliphatic heterocycles. The zero-order valence-corrected chi connectivity index (χ0v) is 13.9. The van der Waals surface area contributed by atoms with E-state index < -0.39 is 24.4 Å². The van der Waals surface area contributed by atoms with Crippen molar-refractivity contribution in [3.8, 4) is 5.75 Å². The number of H-pyrrole nitrogens is 1. The first-order valence-corrected chi connectivity index (χ1v) is 8.33. The number of ether oxygens (including phenoxy) is 1. The SMILES string of the molecule is O=C([O-])[C@H]1Cc2c([nH]c3ccccc23)[C@H](c2ccc(OC(F)(F)F)cc2)[NH2+]1. The van der Waals surface area contributed by atoms with Gasteiger partial charge in [-0.25, -0.2) is 0 Å². The minimum Gasteiger partial charge on any atom is -0.544 e. The molecule has 3 aromatic rings. The van der Waals surface area contributed by atoms with Crippen molar-refractivity contribution in [2.45, 2.75) is 24.9 Å². The van der Waals surface area contributed by atoms with Gasteiger partial charge in [0.25, 0.3) is 0 Å². The van der Waals surface area contributed by atoms with Crippen LogP contribution in [-0.2, 0) is 11.2 Å². The van der Waals surface area contributed by atoms with E-state index >= 15 is 0 Å². The molecule has 0 aliphatic carbocycles. The lowest BCUT2D eigenvalue weighted by molar-refractivity contribution is -0.717. The van der Waals surface area contributed by atoms with Crippen LogP contribution in [0.4, 0.5) is 13.2 Å². The van der Waals surface area contributed by atoms with Gasteiger partial charge in [0.05, 0.1) is 11.7 Å². The van der Waals surface area contributed by atoms with Gasteiger partial charge >= 0.3 is 6.36 Å². The standard InChI is InChI=1S/C19H15F3N2O3/c20-19(21,22)27-11-7-5-10(6-8-11)16-17-13(9-15(24-16)18(25)26)12-3-1-2-4-14(12)23-17/h1-8,15-16,23-24H,9H2,(H,25,26)/t15-,16+/m1/s1. The van der Waals surface area contributed by atoms with Crippen LogP contribution in [0.3, 0.4) is 0 Å². The van der Waals surface area contributed by atoms with Crippen LogP contribution in [0.1, 0.15) is 22.9 Å². The molecular weight excluding hydrogens is 361 g/mol. The highest BCUT2D eigenvalue weighted by Crippen LogP contribution is 2.33. The van der Waals surface area contributed by atoms with E-state index in [0.717, 1.165) is 22.2 Å². The number of carbonyl (C=O) groups is 1. The molecule has 0 bridgehead atoms. The molecule has 2 heterocycles. The zero-order chi connectivity index (χ0) is 19.2. The van der Waals surface area contributed by atoms with E-state index in [2.05, 4.69) is 9.72 Å². The first-order chi connectivity index (χ1) is 12.8. The van der Waals surface area contributed by atoms with E-state index in [1.54, 1.807) is 5.32 Å². The number of para-hydroxylation sites is 1. The quantitative estimate of drug-likeness (QED) is 0.725. The van der Waals surface area contributed by atoms with E-state index in [9.17, 15) is 23.1 Å². The lowest BCUT2D eigenvalue weighted by Gasteiger charge is -2.29. The van der Waals surface area contributed by atoms with Crippen molar-refractivity contribution >= 4 is 16.9 Å². The normalized spacial score (nSPS) is 19.7. The fraction of sp³-hybridized carbons (Fsp3) is 0.211. The number of hydrogen-bond donors (Lipinski definition) is 2. The Hall–Kier alpha value is -3.00. The number of carboxylic acids is 1. The number of alkyl halides is 3. The fourth-order valence-electron chi connectivity index (χ4n) is 3.64. The second-order valence-corrected chi connectivity index (χ2v) is 6.48. The highest BCUT2D eigenvalue weighted by molar-refractivity contribution is 5.86. The molecule has 27 heavy (non-hydrogen) atoms. The number of carbonyl (C=O) groups excluding carboxylic acids is 1. The summed E-state index contributed by atoms with van der Waals surface area (Å²) < 4.78 is 40.9. The summed E-state index contributed by atoms with van der Waals surface area (Å²) in [5.41, 5.74) is 3.29. The Morgan fingerprint density at radius 2 is 1.85 bits per heavy atom. The molecule has 5 nitrogen and oxygen atoms in total. The molecule has 0 unspecified atom stereocenters. The minimum atomic E-state index is -4.76. The molecule has 0 saturated carbocycles. The van der Waals surface area contributed by atoms with Crippen molar-refractivity contribution in [3.63, 3.8) is 0 Å². The Labute approximate surface area is 151 Å². The van der Waals surface area contributed by atoms with Gasteiger partial charge in [0, 0.05) is 22.9 Å². The van der Waals surface area contributed by atoms with Gasteiger partial charge in [-0.2, -0.15) is 0 Å². The molecule has 0 amide bonds. The number of hydrogen-bond acceptors (Lipinski definition) is 3. The van der Waals surface area contributed by atoms with E-state index in [1.165, 1.54) is 24.3 Å². The van der Waals surface area contributed by atoms with Gasteiger partial charge < -0.3 is 24.9 Å². The predicted octanol–water partition coefficient (Wildman–Crippen LogP) is 1.39. The molecule has 2 aromatic carbocycles. The fourth-order valence-corrected chi connectivity index (χ4v) is 3.64. The molecular formula is C19H15F3N2O3. The lowest BCUT2D eigenvalue weighted by Crippen LogP contribution is -2.95. The van der Waals surface area contributed by atoms with Crippen molar-refractivity contribution < 1.29 is 33.1 Å². The third kappa shape index (κ3) is 3.35. The van der Waals surface area contributed by atoms with E-state index in [-0.39, 0.29) is 5.75 Å². The van der Waals surface area contributed by atoms with Crippen LogP contribution in [0.15, 0.2) is 48.5 Å². The van der Waals surface area contributed by atoms with Gasteiger partial charge in [-0.1, -0.05) is 18.2 Å². The molecule has 0 spiro atoms. The maximum atomic E-state index is 12.3. The Balaban J connectivity index is 1.75. The third-order valence-electron chi connectivity index (χ3n) is 4.78. The number of quaternary nitrogens is 1. The second kappa shape index (κ2) is 6.31. The highest BCUT2D eigenvalue weighted by atomic mass is 19.4. The van der Waals surface area contributed by atoms with E-state index in [1.807, 2.05) is 24.3 Å². The number of aromatic amines is 1. The first kappa shape index (κ1) is 17.4. The Morgan fingerprint density at radius 1 is 1.15 bits per heavy atom. The van der Waals surface area contributed by atoms with Crippen LogP contribution in [0.2, 0.25) is 0 Å². The van der Waals surface area contributed by atoms with Crippen LogP contribution >= 0.6 is 0 Å². The second-order valence-electron chi connectivity index (χ2n) is 6.48. The van der Waals surface area contributed by atoms with Crippen LogP contribution in [0, 0.1) is 0 Å². The minimum absolute atomic E-state index is 0.313. The first-order valence-electron chi connectivity index (χ1n) is 8.33. The van der Waals surface area contributed by atoms with Gasteiger partial charge in [-0.15, -0.1) is 13.2 Å². The summed E-state index contributed by atoms with van der Waals surface area (Å²) in [6.07, 6.45) is -4.45. The van der Waals surface area contributed by atoms with Gasteiger partial charge in [0.15, 0.2) is 6.04 Å². The molecule has 1 aliphatic rings. The van der Waals surface area contributed by atoms with Gasteiger partial charge in [-0.05, 0) is 35.9 Å². The smallest absolute Gasteiger partial charge is 0.544 e. The number of rotatable bonds is 3. The highest BCUT2D eigenvalue weighted by Gasteiger charge is 2.35. The summed E-state index contributed by atoms with van der Waals surface area (Å²) in [7, 11) is 0. The molecule has 3 N–H and O–H groups in total. The summed E-state index contributed by atoms with van der Waals surface area (Å²) >= 11 is 0. The summed E-state index contributed by atoms with van der Waals surface area (Å²) in [5.74, 6) is -1.50. The van der Waals surface area contributed by atoms with Crippen molar-refractivity contribution in [2.75, 3.05) is 0 Å². The number of aromatic nitrogens is 1. The van der Waals surface area contributed by atoms with E-state index in [0.29, 0.717) is 12.0 Å². The van der Waals surface area contributed by atoms with Crippen LogP contribution in [-0.4, -0.2) is 23.4 Å². The molecule has 8 heteroatoms. The number of halogens is 3. The number of carboxylic acid groups (broad SMARTS) is 1. The zero-order valence-electron chi connectivity index (χ0n) is 13.9. The van der Waals surface area contributed by atoms with Crippen molar-refractivity contribution in [2.24, 2.45) is 0 Å². The molecule has 1 aromatic heterocycles. The van der Waals surface area contributed by atoms with Crippen molar-refractivity contribution in [3.05, 3.63) is 65.4 Å². The number of fused-ring (bicyclic) bond motifs is 3. The van der Waals surface area contributed by atoms with Gasteiger partial charge in [-0.3, -0.25) is 0 Å². The number of benzene rings is 2. The molecule has 4 rings (SSSR count). The van der Waals surface area contributed by atoms with Gasteiger partial charge in [0.1, 0.15) is 11.8 Å². The van der Waals surface area contributed by atoms with Gasteiger partial charge in [0.2, 0.25) is 0 Å². The Kier molecular flexibility index (Phi) is 4.07. The summed E-state index contributed by atoms with van der Waals surface area (Å²) in [5, 5.41) is 14.1. The maximum Gasteiger partial charge on any atom is 0.573 e. The topological polar surface area (TPSA) is 81.8 Å². The number of nitrogens with one attached hydrogen (secondary N) is 1. The average molecular weight is 376 g/mol. The number of nitrogens with two attached hydrogens (primary N) is 1. The largest absolute Gasteiger partial charge is 0.573 e. The Bertz CT molecular complexity index is 996. The molecule has 0 saturated heterocycles. The molecule has 2 atom stereocenters. The van der Waals surface area contributed by atoms with Crippen molar-refractivity contribution in [1.82, 2.24) is 4.98 Å². The Morgan fingerprint density at radius 3 is 2.52 bits per heavy atom. The van der Waals surface area contributed by atoms with Crippen LogP contribution in [0.5, 0.6) is 5.75 Å². The summed E-state index contributed by atoms with van der Waals surface area (Å²) in [6, 6.07) is 11.9. The summed E-state index contributed by atoms with van der Waals surface area (Å²) in [4.78, 5) is 14.8. The van der Waals surface area contributed by atoms with Crippen LogP contribution in [0.25, 0.3) is 10.9 Å². The third-order valence-corrected chi connectivity index (χ3v) is 4.78. The molecule has 140 valence electrons. The summed E-state index contributed by atoms with van der Waals surface area (Å²) in [6.45, 7) is 0. The van der Waals surface area contributed by atoms with Crippen molar-refractivity contribution in [1.29, 1.82) is 0 Å². The molecule has 0 fully saturated rings. The molecule has 0 radical (unpaired) electrons. The van der Waals surface area contributed by atoms with E-state index in [4.69, 9.17) is 0 Å². The predicted molar refractivity (Wildman–Crippen MR) is 87.7 cm³/mol. The van der Waals surface area contributed by atoms with Crippen LogP contribution < -0.4 is 15.2 Å². The average Bonchev–Trinajstić information content (AvgIpc) is 2.99. The number of aliphatic carboxylic acids is 1. The lowest BCUT2D eigenvalue weighted by atomic mass is 9.90.